The van der Waals surface area contributed by atoms with Gasteiger partial charge in [-0.15, -0.1) is 0 Å². The van der Waals surface area contributed by atoms with E-state index in [1.807, 2.05) is 0 Å². The van der Waals surface area contributed by atoms with E-state index in [1.54, 1.807) is 22.3 Å². The van der Waals surface area contributed by atoms with Gasteiger partial charge in [0.05, 0.1) is 0 Å². The van der Waals surface area contributed by atoms with Crippen LogP contribution in [0.2, 0.25) is 0 Å². The van der Waals surface area contributed by atoms with Gasteiger partial charge in [-0.2, -0.15) is 0 Å². The number of allylic oxidation sites excluding steroid dienone is 10. The Hall–Kier alpha value is -2.08. The summed E-state index contributed by atoms with van der Waals surface area (Å²) in [6.07, 6.45) is 18.2. The van der Waals surface area contributed by atoms with Crippen LogP contribution in [0.4, 0.5) is 0 Å². The van der Waals surface area contributed by atoms with Crippen molar-refractivity contribution in [2.24, 2.45) is 38.9 Å². The Morgan fingerprint density at radius 1 is 0.794 bits per heavy atom. The Bertz CT molecular complexity index is 1220. The lowest BCUT2D eigenvalue weighted by Gasteiger charge is -2.76. The molecule has 0 heteroatoms. The van der Waals surface area contributed by atoms with Crippen LogP contribution in [0.25, 0.3) is 5.57 Å². The molecule has 0 radical (unpaired) electrons. The summed E-state index contributed by atoms with van der Waals surface area (Å²) in [6.45, 7) is 20.7. The Balaban J connectivity index is 1.82. The second kappa shape index (κ2) is 6.57. The van der Waals surface area contributed by atoms with Gasteiger partial charge >= 0.3 is 0 Å². The lowest BCUT2D eigenvalue weighted by atomic mass is 9.27. The number of hydrogen-bond donors (Lipinski definition) is 0. The fourth-order valence-electron chi connectivity index (χ4n) is 9.39. The minimum absolute atomic E-state index is 0.0694. The summed E-state index contributed by atoms with van der Waals surface area (Å²) >= 11 is 0. The molecule has 34 heavy (non-hydrogen) atoms. The van der Waals surface area contributed by atoms with Gasteiger partial charge in [0, 0.05) is 11.3 Å². The Labute approximate surface area is 207 Å². The molecule has 2 unspecified atom stereocenters. The van der Waals surface area contributed by atoms with Gasteiger partial charge in [-0.3, -0.25) is 0 Å². The van der Waals surface area contributed by atoms with E-state index < -0.39 is 0 Å². The summed E-state index contributed by atoms with van der Waals surface area (Å²) in [5.41, 5.74) is 10.2. The van der Waals surface area contributed by atoms with Crippen molar-refractivity contribution in [2.75, 3.05) is 0 Å². The molecule has 1 aromatic rings. The molecule has 0 N–H and O–H groups in total. The molecule has 1 aromatic carbocycles. The summed E-state index contributed by atoms with van der Waals surface area (Å²) in [7, 11) is 0. The van der Waals surface area contributed by atoms with Crippen LogP contribution in [-0.4, -0.2) is 0 Å². The fourth-order valence-corrected chi connectivity index (χ4v) is 9.39. The van der Waals surface area contributed by atoms with Gasteiger partial charge in [0.1, 0.15) is 0 Å². The second-order valence-electron chi connectivity index (χ2n) is 13.7. The highest BCUT2D eigenvalue weighted by Gasteiger charge is 2.74. The molecule has 0 amide bonds. The van der Waals surface area contributed by atoms with E-state index >= 15 is 0 Å². The van der Waals surface area contributed by atoms with Crippen molar-refractivity contribution in [3.05, 3.63) is 88.6 Å². The third-order valence-electron chi connectivity index (χ3n) is 12.4. The van der Waals surface area contributed by atoms with Gasteiger partial charge in [0.15, 0.2) is 0 Å². The predicted octanol–water partition coefficient (Wildman–Crippen LogP) is 9.12. The minimum atomic E-state index is 0.0694. The molecule has 178 valence electrons. The van der Waals surface area contributed by atoms with Crippen molar-refractivity contribution in [1.29, 1.82) is 0 Å². The smallest absolute Gasteiger partial charge is 0.0146 e. The van der Waals surface area contributed by atoms with E-state index in [0.29, 0.717) is 11.8 Å². The monoisotopic (exact) mass is 450 g/mol. The highest BCUT2D eigenvalue weighted by molar-refractivity contribution is 5.92. The zero-order valence-electron chi connectivity index (χ0n) is 22.5. The summed E-state index contributed by atoms with van der Waals surface area (Å²) in [6, 6.07) is 9.25. The molecule has 5 aliphatic carbocycles. The summed E-state index contributed by atoms with van der Waals surface area (Å²) in [5.74, 6) is 0.982. The average molecular weight is 451 g/mol. The first kappa shape index (κ1) is 22.4. The van der Waals surface area contributed by atoms with Gasteiger partial charge in [0.2, 0.25) is 0 Å². The molecular formula is C34H42. The molecule has 0 heterocycles. The van der Waals surface area contributed by atoms with Crippen LogP contribution in [-0.2, 0) is 6.42 Å². The first-order valence-corrected chi connectivity index (χ1v) is 13.5. The molecule has 6 rings (SSSR count). The minimum Gasteiger partial charge on any atom is -0.0842 e. The SMILES string of the molecule is CC1(C)C2=C3Cc4ccccc4C3=C3C=CCCC3C2(C2C=CC=C2)C(C)(C)C(C)(C)C1(C)C. The maximum atomic E-state index is 2.63. The zero-order valence-corrected chi connectivity index (χ0v) is 22.5. The van der Waals surface area contributed by atoms with E-state index in [4.69, 9.17) is 0 Å². The van der Waals surface area contributed by atoms with Gasteiger partial charge < -0.3 is 0 Å². The molecule has 0 spiro atoms. The normalized spacial score (nSPS) is 33.6. The van der Waals surface area contributed by atoms with Gasteiger partial charge in [-0.25, -0.2) is 0 Å². The van der Waals surface area contributed by atoms with Crippen LogP contribution in [0.1, 0.15) is 79.4 Å². The van der Waals surface area contributed by atoms with Crippen LogP contribution in [0.15, 0.2) is 77.4 Å². The molecule has 5 aliphatic rings. The van der Waals surface area contributed by atoms with Crippen LogP contribution in [0.5, 0.6) is 0 Å². The van der Waals surface area contributed by atoms with E-state index in [1.165, 1.54) is 24.0 Å². The van der Waals surface area contributed by atoms with Gasteiger partial charge in [-0.05, 0) is 74.7 Å². The van der Waals surface area contributed by atoms with E-state index in [2.05, 4.69) is 116 Å². The predicted molar refractivity (Wildman–Crippen MR) is 145 cm³/mol. The third kappa shape index (κ3) is 2.19. The van der Waals surface area contributed by atoms with Crippen LogP contribution < -0.4 is 0 Å². The van der Waals surface area contributed by atoms with Crippen molar-refractivity contribution >= 4 is 5.57 Å². The lowest BCUT2D eigenvalue weighted by molar-refractivity contribution is -0.203. The van der Waals surface area contributed by atoms with Gasteiger partial charge in [0.25, 0.3) is 0 Å². The highest BCUT2D eigenvalue weighted by Crippen LogP contribution is 2.81. The first-order valence-electron chi connectivity index (χ1n) is 13.5. The highest BCUT2D eigenvalue weighted by atomic mass is 14.8. The third-order valence-corrected chi connectivity index (χ3v) is 12.4. The molecular weight excluding hydrogens is 408 g/mol. The zero-order chi connectivity index (χ0) is 24.3. The lowest BCUT2D eigenvalue weighted by Crippen LogP contribution is -2.70. The van der Waals surface area contributed by atoms with Crippen molar-refractivity contribution in [2.45, 2.75) is 74.7 Å². The maximum absolute atomic E-state index is 2.63. The number of rotatable bonds is 1. The number of benzene rings is 1. The van der Waals surface area contributed by atoms with E-state index in [0.717, 1.165) is 6.42 Å². The summed E-state index contributed by atoms with van der Waals surface area (Å²) < 4.78 is 0. The van der Waals surface area contributed by atoms with Gasteiger partial charge in [-0.1, -0.05) is 122 Å². The Morgan fingerprint density at radius 3 is 2.18 bits per heavy atom. The van der Waals surface area contributed by atoms with E-state index in [9.17, 15) is 0 Å². The largest absolute Gasteiger partial charge is 0.0842 e. The standard InChI is InChI=1S/C34H42/c1-30(2)29-26-21-22-15-9-12-18-24(22)28(26)25-19-13-14-20-27(25)34(29,23-16-10-11-17-23)33(7,8)32(5,6)31(30,3)4/h9-13,15-19,23,27H,14,20-21H2,1-8H3. The van der Waals surface area contributed by atoms with Crippen LogP contribution >= 0.6 is 0 Å². The van der Waals surface area contributed by atoms with Crippen LogP contribution in [0.3, 0.4) is 0 Å². The molecule has 0 aromatic heterocycles. The maximum Gasteiger partial charge on any atom is 0.0146 e. The molecule has 0 bridgehead atoms. The molecule has 2 atom stereocenters. The van der Waals surface area contributed by atoms with Crippen molar-refractivity contribution in [3.8, 4) is 0 Å². The van der Waals surface area contributed by atoms with Crippen molar-refractivity contribution in [1.82, 2.24) is 0 Å². The quantitative estimate of drug-likeness (QED) is 0.400. The van der Waals surface area contributed by atoms with E-state index in [-0.39, 0.29) is 27.1 Å². The van der Waals surface area contributed by atoms with Crippen LogP contribution in [0, 0.1) is 38.9 Å². The number of fused-ring (bicyclic) bond motifs is 6. The molecule has 0 nitrogen and oxygen atoms in total. The average Bonchev–Trinajstić information content (AvgIpc) is 3.45. The Kier molecular flexibility index (Phi) is 4.32. The molecule has 1 fully saturated rings. The molecule has 0 aliphatic heterocycles. The van der Waals surface area contributed by atoms with Crippen molar-refractivity contribution in [3.63, 3.8) is 0 Å². The van der Waals surface area contributed by atoms with Crippen molar-refractivity contribution < 1.29 is 0 Å². The first-order chi connectivity index (χ1) is 15.9. The summed E-state index contributed by atoms with van der Waals surface area (Å²) in [4.78, 5) is 0. The number of hydrogen-bond acceptors (Lipinski definition) is 0. The summed E-state index contributed by atoms with van der Waals surface area (Å²) in [5, 5.41) is 0. The molecule has 0 saturated heterocycles. The second-order valence-corrected chi connectivity index (χ2v) is 13.7. The fraction of sp³-hybridized carbons (Fsp3) is 0.529. The molecule has 1 saturated carbocycles. The Morgan fingerprint density at radius 2 is 1.47 bits per heavy atom. The topological polar surface area (TPSA) is 0 Å².